The van der Waals surface area contributed by atoms with Gasteiger partial charge in [-0.25, -0.2) is 33.2 Å². The van der Waals surface area contributed by atoms with Gasteiger partial charge in [0.15, 0.2) is 5.82 Å². The minimum atomic E-state index is -2.83. The third-order valence-corrected chi connectivity index (χ3v) is 5.49. The van der Waals surface area contributed by atoms with Gasteiger partial charge in [0.25, 0.3) is 6.43 Å². The van der Waals surface area contributed by atoms with Gasteiger partial charge in [-0.05, 0) is 19.9 Å². The number of alkyl halides is 2. The first-order valence-electron chi connectivity index (χ1n) is 9.39. The van der Waals surface area contributed by atoms with Crippen LogP contribution in [0.2, 0.25) is 0 Å². The van der Waals surface area contributed by atoms with Crippen LogP contribution < -0.4 is 10.6 Å². The molecule has 4 aromatic heterocycles. The Labute approximate surface area is 184 Å². The average molecular weight is 460 g/mol. The molecule has 1 atom stereocenters. The first-order chi connectivity index (χ1) is 15.4. The highest BCUT2D eigenvalue weighted by Crippen LogP contribution is 2.34. The Bertz CT molecular complexity index is 1260. The van der Waals surface area contributed by atoms with Gasteiger partial charge < -0.3 is 15.4 Å². The molecular weight excluding hydrogens is 442 g/mol. The predicted octanol–water partition coefficient (Wildman–Crippen LogP) is 4.26. The van der Waals surface area contributed by atoms with Gasteiger partial charge in [-0.2, -0.15) is 0 Å². The van der Waals surface area contributed by atoms with Crippen LogP contribution in [-0.2, 0) is 4.74 Å². The topological polar surface area (TPSA) is 120 Å². The number of hydrogen-bond donors (Lipinski definition) is 2. The van der Waals surface area contributed by atoms with Gasteiger partial charge in [0.1, 0.15) is 10.3 Å². The summed E-state index contributed by atoms with van der Waals surface area (Å²) in [7, 11) is 1.55. The van der Waals surface area contributed by atoms with Crippen LogP contribution in [0.25, 0.3) is 16.2 Å². The van der Waals surface area contributed by atoms with E-state index in [1.807, 2.05) is 13.8 Å². The number of fused-ring (bicyclic) bond motifs is 1. The zero-order valence-electron chi connectivity index (χ0n) is 17.2. The number of anilines is 2. The van der Waals surface area contributed by atoms with Crippen molar-refractivity contribution in [2.24, 2.45) is 0 Å². The summed E-state index contributed by atoms with van der Waals surface area (Å²) in [5.74, 6) is -0.0757. The second-order valence-corrected chi connectivity index (χ2v) is 7.90. The number of halogens is 2. The van der Waals surface area contributed by atoms with E-state index >= 15 is 0 Å². The summed E-state index contributed by atoms with van der Waals surface area (Å²) in [6.45, 7) is 3.69. The average Bonchev–Trinajstić information content (AvgIpc) is 3.42. The first kappa shape index (κ1) is 21.6. The number of rotatable bonds is 6. The fourth-order valence-electron chi connectivity index (χ4n) is 3.13. The highest BCUT2D eigenvalue weighted by atomic mass is 32.1. The molecule has 0 unspecified atom stereocenters. The van der Waals surface area contributed by atoms with E-state index < -0.39 is 18.0 Å². The van der Waals surface area contributed by atoms with Crippen molar-refractivity contribution >= 4 is 39.1 Å². The molecule has 4 rings (SSSR count). The maximum Gasteiger partial charge on any atom is 0.323 e. The van der Waals surface area contributed by atoms with Crippen LogP contribution in [0.1, 0.15) is 35.6 Å². The van der Waals surface area contributed by atoms with Gasteiger partial charge in [-0.15, -0.1) is 5.10 Å². The molecule has 10 nitrogen and oxygen atoms in total. The molecule has 0 bridgehead atoms. The number of aryl methyl sites for hydroxylation is 1. The number of carbonyl (C=O) groups is 1. The van der Waals surface area contributed by atoms with Crippen LogP contribution in [0.15, 0.2) is 30.9 Å². The smallest absolute Gasteiger partial charge is 0.323 e. The zero-order chi connectivity index (χ0) is 22.8. The van der Waals surface area contributed by atoms with Crippen LogP contribution in [0, 0.1) is 6.92 Å². The molecule has 0 aliphatic rings. The van der Waals surface area contributed by atoms with E-state index in [0.29, 0.717) is 16.8 Å². The van der Waals surface area contributed by atoms with E-state index in [1.54, 1.807) is 7.11 Å². The summed E-state index contributed by atoms with van der Waals surface area (Å²) < 4.78 is 33.7. The maximum atomic E-state index is 13.6. The lowest BCUT2D eigenvalue weighted by Gasteiger charge is -2.17. The van der Waals surface area contributed by atoms with Crippen molar-refractivity contribution in [1.29, 1.82) is 0 Å². The molecule has 0 radical (unpaired) electrons. The number of nitrogens with one attached hydrogen (secondary N) is 2. The molecular formula is C19H18F2N8O2S. The molecule has 32 heavy (non-hydrogen) atoms. The molecule has 2 amide bonds. The zero-order valence-corrected chi connectivity index (χ0v) is 18.0. The third kappa shape index (κ3) is 4.24. The molecule has 13 heteroatoms. The van der Waals surface area contributed by atoms with E-state index in [2.05, 4.69) is 35.9 Å². The predicted molar refractivity (Wildman–Crippen MR) is 114 cm³/mol. The van der Waals surface area contributed by atoms with Gasteiger partial charge in [0.05, 0.1) is 52.8 Å². The molecule has 0 aliphatic carbocycles. The minimum absolute atomic E-state index is 0.0757. The standard InChI is InChI=1S/C19H18F2N8O2S/c1-9(31-3)14-13(8-23-18-15(14)25-10(2)32-18)27-19(30)26-11-6-12(16(20)21)17(22-7-11)29-5-4-24-28-29/h4-9,16H,1-3H3,(H2,26,27,30)/t9-/m1/s1. The summed E-state index contributed by atoms with van der Waals surface area (Å²) in [6, 6.07) is 0.483. The van der Waals surface area contributed by atoms with Crippen LogP contribution in [-0.4, -0.2) is 43.1 Å². The van der Waals surface area contributed by atoms with Crippen molar-refractivity contribution in [2.75, 3.05) is 17.7 Å². The Balaban J connectivity index is 1.60. The summed E-state index contributed by atoms with van der Waals surface area (Å²) in [5, 5.41) is 13.3. The second-order valence-electron chi connectivity index (χ2n) is 6.71. The Morgan fingerprint density at radius 2 is 2.06 bits per heavy atom. The number of ether oxygens (including phenoxy) is 1. The summed E-state index contributed by atoms with van der Waals surface area (Å²) >= 11 is 1.43. The summed E-state index contributed by atoms with van der Waals surface area (Å²) in [6.07, 6.45) is 2.32. The summed E-state index contributed by atoms with van der Waals surface area (Å²) in [5.41, 5.74) is 1.39. The molecule has 0 saturated heterocycles. The molecule has 2 N–H and O–H groups in total. The highest BCUT2D eigenvalue weighted by molar-refractivity contribution is 7.18. The van der Waals surface area contributed by atoms with Gasteiger partial charge in [-0.1, -0.05) is 16.6 Å². The van der Waals surface area contributed by atoms with Crippen molar-refractivity contribution in [3.8, 4) is 5.82 Å². The largest absolute Gasteiger partial charge is 0.377 e. The molecule has 0 aromatic carbocycles. The van der Waals surface area contributed by atoms with E-state index in [4.69, 9.17) is 4.74 Å². The Morgan fingerprint density at radius 1 is 1.25 bits per heavy atom. The minimum Gasteiger partial charge on any atom is -0.377 e. The number of methoxy groups -OCH3 is 1. The molecule has 0 saturated carbocycles. The quantitative estimate of drug-likeness (QED) is 0.441. The number of carbonyl (C=O) groups excluding carboxylic acids is 1. The molecule has 0 spiro atoms. The molecule has 4 heterocycles. The number of nitrogens with zero attached hydrogens (tertiary/aromatic N) is 6. The number of pyridine rings is 2. The SMILES string of the molecule is CO[C@H](C)c1c(NC(=O)Nc2cnc(-n3ccnn3)c(C(F)F)c2)cnc2sc(C)nc12. The lowest BCUT2D eigenvalue weighted by atomic mass is 10.1. The van der Waals surface area contributed by atoms with Gasteiger partial charge in [0, 0.05) is 12.7 Å². The number of thiazole rings is 1. The maximum absolute atomic E-state index is 13.6. The van der Waals surface area contributed by atoms with Crippen molar-refractivity contribution < 1.29 is 18.3 Å². The van der Waals surface area contributed by atoms with E-state index in [0.717, 1.165) is 20.6 Å². The third-order valence-electron chi connectivity index (χ3n) is 4.61. The van der Waals surface area contributed by atoms with Crippen LogP contribution in [0.4, 0.5) is 25.0 Å². The molecule has 166 valence electrons. The van der Waals surface area contributed by atoms with Crippen molar-refractivity contribution in [2.45, 2.75) is 26.4 Å². The Morgan fingerprint density at radius 3 is 2.75 bits per heavy atom. The number of amides is 2. The highest BCUT2D eigenvalue weighted by Gasteiger charge is 2.21. The van der Waals surface area contributed by atoms with Crippen LogP contribution >= 0.6 is 11.3 Å². The van der Waals surface area contributed by atoms with Crippen molar-refractivity contribution in [3.63, 3.8) is 0 Å². The Hall–Kier alpha value is -3.58. The van der Waals surface area contributed by atoms with Crippen molar-refractivity contribution in [3.05, 3.63) is 47.0 Å². The molecule has 0 aliphatic heterocycles. The molecule has 4 aromatic rings. The van der Waals surface area contributed by atoms with E-state index in [1.165, 1.54) is 36.1 Å². The van der Waals surface area contributed by atoms with Crippen LogP contribution in [0.3, 0.4) is 0 Å². The van der Waals surface area contributed by atoms with Gasteiger partial charge in [-0.3, -0.25) is 0 Å². The van der Waals surface area contributed by atoms with Gasteiger partial charge in [0.2, 0.25) is 0 Å². The number of hydrogen-bond acceptors (Lipinski definition) is 8. The van der Waals surface area contributed by atoms with E-state index in [-0.39, 0.29) is 17.6 Å². The van der Waals surface area contributed by atoms with Crippen molar-refractivity contribution in [1.82, 2.24) is 29.9 Å². The fourth-order valence-corrected chi connectivity index (χ4v) is 3.90. The van der Waals surface area contributed by atoms with Gasteiger partial charge >= 0.3 is 6.03 Å². The monoisotopic (exact) mass is 460 g/mol. The first-order valence-corrected chi connectivity index (χ1v) is 10.2. The summed E-state index contributed by atoms with van der Waals surface area (Å²) in [4.78, 5) is 26.2. The fraction of sp³-hybridized carbons (Fsp3) is 0.263. The van der Waals surface area contributed by atoms with E-state index in [9.17, 15) is 13.6 Å². The van der Waals surface area contributed by atoms with Crippen LogP contribution in [0.5, 0.6) is 0 Å². The second kappa shape index (κ2) is 8.88. The Kier molecular flexibility index (Phi) is 6.01. The lowest BCUT2D eigenvalue weighted by Crippen LogP contribution is -2.21. The normalized spacial score (nSPS) is 12.3. The number of urea groups is 1. The molecule has 0 fully saturated rings. The number of aromatic nitrogens is 6. The lowest BCUT2D eigenvalue weighted by molar-refractivity contribution is 0.121.